The number of amides is 1. The largest absolute Gasteiger partial charge is 0.339 e. The number of hydrogen-bond donors (Lipinski definition) is 1. The van der Waals surface area contributed by atoms with Crippen molar-refractivity contribution in [2.75, 3.05) is 7.05 Å². The molecular formula is C19H21N3OS. The molecule has 0 aliphatic carbocycles. The molecule has 0 fully saturated rings. The van der Waals surface area contributed by atoms with Crippen LogP contribution >= 0.6 is 11.3 Å². The number of hydrogen-bond acceptors (Lipinski definition) is 4. The molecule has 4 nitrogen and oxygen atoms in total. The summed E-state index contributed by atoms with van der Waals surface area (Å²) in [5.41, 5.74) is 8.23. The van der Waals surface area contributed by atoms with Gasteiger partial charge in [-0.1, -0.05) is 49.4 Å². The van der Waals surface area contributed by atoms with E-state index in [1.54, 1.807) is 16.2 Å². The van der Waals surface area contributed by atoms with E-state index in [0.717, 1.165) is 20.8 Å². The zero-order valence-corrected chi connectivity index (χ0v) is 14.7. The van der Waals surface area contributed by atoms with Crippen LogP contribution in [0.15, 0.2) is 54.6 Å². The molecule has 3 rings (SSSR count). The van der Waals surface area contributed by atoms with Crippen molar-refractivity contribution >= 4 is 27.5 Å². The first-order valence-corrected chi connectivity index (χ1v) is 8.78. The quantitative estimate of drug-likeness (QED) is 0.773. The van der Waals surface area contributed by atoms with Crippen molar-refractivity contribution in [2.45, 2.75) is 19.5 Å². The Morgan fingerprint density at radius 3 is 2.54 bits per heavy atom. The molecule has 1 aromatic heterocycles. The second-order valence-corrected chi connectivity index (χ2v) is 7.11. The van der Waals surface area contributed by atoms with Crippen molar-refractivity contribution in [3.05, 3.63) is 65.2 Å². The third kappa shape index (κ3) is 3.47. The smallest absolute Gasteiger partial charge is 0.227 e. The molecule has 2 aromatic carbocycles. The molecule has 0 saturated heterocycles. The maximum absolute atomic E-state index is 12.7. The summed E-state index contributed by atoms with van der Waals surface area (Å²) in [7, 11) is 1.81. The number of carbonyl (C=O) groups is 1. The standard InChI is InChI=1S/C19H21N3OS/c1-13(18(20)14-8-4-3-5-9-14)19(23)22(2)12-17-21-15-10-6-7-11-16(15)24-17/h3-11,13,18H,12,20H2,1-2H3. The van der Waals surface area contributed by atoms with Crippen LogP contribution in [-0.2, 0) is 11.3 Å². The van der Waals surface area contributed by atoms with Gasteiger partial charge in [0.1, 0.15) is 5.01 Å². The zero-order valence-electron chi connectivity index (χ0n) is 13.8. The highest BCUT2D eigenvalue weighted by Crippen LogP contribution is 2.24. The Hall–Kier alpha value is -2.24. The average Bonchev–Trinajstić information content (AvgIpc) is 3.02. The van der Waals surface area contributed by atoms with E-state index in [1.165, 1.54) is 0 Å². The summed E-state index contributed by atoms with van der Waals surface area (Å²) < 4.78 is 1.14. The van der Waals surface area contributed by atoms with Crippen molar-refractivity contribution in [3.63, 3.8) is 0 Å². The molecule has 2 atom stereocenters. The number of benzene rings is 2. The molecule has 0 aliphatic rings. The minimum atomic E-state index is -0.309. The van der Waals surface area contributed by atoms with Gasteiger partial charge in [0, 0.05) is 13.1 Å². The first-order chi connectivity index (χ1) is 11.6. The number of nitrogens with zero attached hydrogens (tertiary/aromatic N) is 2. The van der Waals surface area contributed by atoms with Crippen LogP contribution in [0.1, 0.15) is 23.5 Å². The molecule has 2 N–H and O–H groups in total. The van der Waals surface area contributed by atoms with Crippen molar-refractivity contribution in [1.82, 2.24) is 9.88 Å². The highest BCUT2D eigenvalue weighted by atomic mass is 32.1. The first-order valence-electron chi connectivity index (χ1n) is 7.96. The molecule has 124 valence electrons. The summed E-state index contributed by atoms with van der Waals surface area (Å²) in [5.74, 6) is -0.252. The molecule has 1 amide bonds. The van der Waals surface area contributed by atoms with Crippen LogP contribution in [0.2, 0.25) is 0 Å². The van der Waals surface area contributed by atoms with Gasteiger partial charge in [-0.05, 0) is 17.7 Å². The van der Waals surface area contributed by atoms with E-state index in [2.05, 4.69) is 4.98 Å². The van der Waals surface area contributed by atoms with E-state index in [-0.39, 0.29) is 17.9 Å². The van der Waals surface area contributed by atoms with Crippen LogP contribution in [0.25, 0.3) is 10.2 Å². The zero-order chi connectivity index (χ0) is 17.1. The second kappa shape index (κ2) is 7.11. The van der Waals surface area contributed by atoms with Crippen molar-refractivity contribution in [2.24, 2.45) is 11.7 Å². The van der Waals surface area contributed by atoms with Gasteiger partial charge >= 0.3 is 0 Å². The number of rotatable bonds is 5. The number of thiazole rings is 1. The molecule has 0 saturated carbocycles. The molecular weight excluding hydrogens is 318 g/mol. The predicted molar refractivity (Wildman–Crippen MR) is 98.6 cm³/mol. The highest BCUT2D eigenvalue weighted by molar-refractivity contribution is 7.18. The molecule has 2 unspecified atom stereocenters. The van der Waals surface area contributed by atoms with Gasteiger partial charge in [0.2, 0.25) is 5.91 Å². The Labute approximate surface area is 145 Å². The maximum Gasteiger partial charge on any atom is 0.227 e. The number of aromatic nitrogens is 1. The number of para-hydroxylation sites is 1. The highest BCUT2D eigenvalue weighted by Gasteiger charge is 2.25. The molecule has 3 aromatic rings. The Bertz CT molecular complexity index is 798. The predicted octanol–water partition coefficient (Wildman–Crippen LogP) is 3.59. The van der Waals surface area contributed by atoms with Crippen LogP contribution < -0.4 is 5.73 Å². The van der Waals surface area contributed by atoms with Gasteiger partial charge in [0.05, 0.1) is 22.7 Å². The van der Waals surface area contributed by atoms with E-state index >= 15 is 0 Å². The summed E-state index contributed by atoms with van der Waals surface area (Å²) in [6.07, 6.45) is 0. The van der Waals surface area contributed by atoms with Crippen molar-refractivity contribution in [1.29, 1.82) is 0 Å². The lowest BCUT2D eigenvalue weighted by atomic mass is 9.94. The van der Waals surface area contributed by atoms with E-state index < -0.39 is 0 Å². The summed E-state index contributed by atoms with van der Waals surface area (Å²) in [5, 5.41) is 0.938. The summed E-state index contributed by atoms with van der Waals surface area (Å²) in [6, 6.07) is 17.5. The Kier molecular flexibility index (Phi) is 4.92. The van der Waals surface area contributed by atoms with Crippen LogP contribution in [0.5, 0.6) is 0 Å². The van der Waals surface area contributed by atoms with Gasteiger partial charge in [0.15, 0.2) is 0 Å². The topological polar surface area (TPSA) is 59.2 Å². The fraction of sp³-hybridized carbons (Fsp3) is 0.263. The Balaban J connectivity index is 1.69. The normalized spacial score (nSPS) is 13.6. The molecule has 0 aliphatic heterocycles. The molecule has 0 spiro atoms. The maximum atomic E-state index is 12.7. The van der Waals surface area contributed by atoms with Crippen LogP contribution in [0.4, 0.5) is 0 Å². The fourth-order valence-electron chi connectivity index (χ4n) is 2.73. The first kappa shape index (κ1) is 16.6. The third-order valence-corrected chi connectivity index (χ3v) is 5.22. The molecule has 24 heavy (non-hydrogen) atoms. The van der Waals surface area contributed by atoms with Gasteiger partial charge in [-0.2, -0.15) is 0 Å². The molecule has 0 bridgehead atoms. The minimum absolute atomic E-state index is 0.0330. The third-order valence-electron chi connectivity index (χ3n) is 4.20. The van der Waals surface area contributed by atoms with Crippen molar-refractivity contribution < 1.29 is 4.79 Å². The Morgan fingerprint density at radius 1 is 1.17 bits per heavy atom. The van der Waals surface area contributed by atoms with Gasteiger partial charge in [-0.3, -0.25) is 4.79 Å². The van der Waals surface area contributed by atoms with Crippen LogP contribution in [-0.4, -0.2) is 22.8 Å². The second-order valence-electron chi connectivity index (χ2n) is 5.99. The van der Waals surface area contributed by atoms with E-state index in [4.69, 9.17) is 5.73 Å². The van der Waals surface area contributed by atoms with E-state index in [9.17, 15) is 4.79 Å². The summed E-state index contributed by atoms with van der Waals surface area (Å²) in [6.45, 7) is 2.39. The minimum Gasteiger partial charge on any atom is -0.339 e. The number of fused-ring (bicyclic) bond motifs is 1. The van der Waals surface area contributed by atoms with Gasteiger partial charge in [0.25, 0.3) is 0 Å². The molecule has 0 radical (unpaired) electrons. The summed E-state index contributed by atoms with van der Waals surface area (Å²) >= 11 is 1.62. The van der Waals surface area contributed by atoms with Crippen molar-refractivity contribution in [3.8, 4) is 0 Å². The number of nitrogens with two attached hydrogens (primary N) is 1. The molecule has 1 heterocycles. The lowest BCUT2D eigenvalue weighted by molar-refractivity contribution is -0.134. The van der Waals surface area contributed by atoms with Crippen LogP contribution in [0, 0.1) is 5.92 Å². The van der Waals surface area contributed by atoms with Crippen LogP contribution in [0.3, 0.4) is 0 Å². The SMILES string of the molecule is CC(C(=O)N(C)Cc1nc2ccccc2s1)C(N)c1ccccc1. The Morgan fingerprint density at radius 2 is 1.83 bits per heavy atom. The summed E-state index contributed by atoms with van der Waals surface area (Å²) in [4.78, 5) is 19.0. The lowest BCUT2D eigenvalue weighted by Gasteiger charge is -2.25. The van der Waals surface area contributed by atoms with Gasteiger partial charge in [-0.15, -0.1) is 11.3 Å². The van der Waals surface area contributed by atoms with Gasteiger partial charge in [-0.25, -0.2) is 4.98 Å². The van der Waals surface area contributed by atoms with Gasteiger partial charge < -0.3 is 10.6 Å². The van der Waals surface area contributed by atoms with E-state index in [0.29, 0.717) is 6.54 Å². The monoisotopic (exact) mass is 339 g/mol. The molecule has 5 heteroatoms. The van der Waals surface area contributed by atoms with E-state index in [1.807, 2.05) is 68.6 Å². The lowest BCUT2D eigenvalue weighted by Crippen LogP contribution is -2.36. The average molecular weight is 339 g/mol. The fourth-order valence-corrected chi connectivity index (χ4v) is 3.75. The number of carbonyl (C=O) groups excluding carboxylic acids is 1.